The van der Waals surface area contributed by atoms with Crippen LogP contribution >= 0.6 is 0 Å². The molecule has 0 amide bonds. The van der Waals surface area contributed by atoms with Crippen LogP contribution in [0.25, 0.3) is 22.3 Å². The van der Waals surface area contributed by atoms with Crippen molar-refractivity contribution in [3.63, 3.8) is 0 Å². The standard InChI is InChI=1S/C34H28O11/c35-29-25-13-7-8-14-27(25)44-30(31(29)45-32(33(36)37)34(38)39)26-16-15-24(42-18-17-40-22-9-3-1-4-10-22)21-28(26)43-20-19-41-23-11-5-2-6-12-23/h1-16,21,32H,17-20H2,(H,36,37)(H,38,39). The molecule has 1 heterocycles. The highest BCUT2D eigenvalue weighted by molar-refractivity contribution is 5.96. The molecule has 4 aromatic carbocycles. The minimum atomic E-state index is -2.37. The van der Waals surface area contributed by atoms with Crippen LogP contribution in [0.5, 0.6) is 28.7 Å². The largest absolute Gasteiger partial charge is 0.490 e. The van der Waals surface area contributed by atoms with Gasteiger partial charge in [0.2, 0.25) is 11.2 Å². The fourth-order valence-corrected chi connectivity index (χ4v) is 4.30. The first-order valence-corrected chi connectivity index (χ1v) is 13.8. The van der Waals surface area contributed by atoms with Crippen LogP contribution in [0.4, 0.5) is 0 Å². The Balaban J connectivity index is 1.47. The summed E-state index contributed by atoms with van der Waals surface area (Å²) in [5.74, 6) is -2.50. The van der Waals surface area contributed by atoms with Gasteiger partial charge in [-0.25, -0.2) is 9.59 Å². The average Bonchev–Trinajstić information content (AvgIpc) is 3.05. The Kier molecular flexibility index (Phi) is 9.80. The van der Waals surface area contributed by atoms with Crippen molar-refractivity contribution < 1.29 is 47.9 Å². The van der Waals surface area contributed by atoms with Gasteiger partial charge in [0.05, 0.1) is 10.9 Å². The first kappa shape index (κ1) is 30.5. The molecule has 0 aliphatic carbocycles. The quantitative estimate of drug-likeness (QED) is 0.117. The van der Waals surface area contributed by atoms with Crippen molar-refractivity contribution in [2.75, 3.05) is 26.4 Å². The van der Waals surface area contributed by atoms with E-state index >= 15 is 0 Å². The fourth-order valence-electron chi connectivity index (χ4n) is 4.30. The Morgan fingerprint density at radius 3 is 1.78 bits per heavy atom. The summed E-state index contributed by atoms with van der Waals surface area (Å²) < 4.78 is 34.7. The Morgan fingerprint density at radius 2 is 1.18 bits per heavy atom. The third-order valence-corrected chi connectivity index (χ3v) is 6.35. The molecule has 0 atom stereocenters. The predicted octanol–water partition coefficient (Wildman–Crippen LogP) is 5.29. The highest BCUT2D eigenvalue weighted by Crippen LogP contribution is 2.39. The molecule has 1 aromatic heterocycles. The SMILES string of the molecule is O=C(O)C(Oc1c(-c2ccc(OCCOc3ccccc3)cc2OCCOc2ccccc2)oc2ccccc2c1=O)C(=O)O. The number of benzene rings is 4. The molecular weight excluding hydrogens is 584 g/mol. The van der Waals surface area contributed by atoms with E-state index in [1.165, 1.54) is 12.1 Å². The van der Waals surface area contributed by atoms with Crippen LogP contribution in [0.1, 0.15) is 0 Å². The van der Waals surface area contributed by atoms with Crippen LogP contribution < -0.4 is 29.1 Å². The topological polar surface area (TPSA) is 151 Å². The molecule has 0 aliphatic rings. The Labute approximate surface area is 256 Å². The predicted molar refractivity (Wildman–Crippen MR) is 162 cm³/mol. The molecule has 0 radical (unpaired) electrons. The number of carbonyl (C=O) groups is 2. The van der Waals surface area contributed by atoms with Gasteiger partial charge in [0.1, 0.15) is 55.0 Å². The number of fused-ring (bicyclic) bond motifs is 1. The van der Waals surface area contributed by atoms with E-state index in [0.29, 0.717) is 17.2 Å². The van der Waals surface area contributed by atoms with Crippen molar-refractivity contribution in [1.29, 1.82) is 0 Å². The maximum atomic E-state index is 13.5. The van der Waals surface area contributed by atoms with E-state index in [0.717, 1.165) is 0 Å². The van der Waals surface area contributed by atoms with E-state index < -0.39 is 29.2 Å². The van der Waals surface area contributed by atoms with Crippen LogP contribution in [0.15, 0.2) is 112 Å². The highest BCUT2D eigenvalue weighted by Gasteiger charge is 2.32. The number of hydrogen-bond acceptors (Lipinski definition) is 9. The minimum absolute atomic E-state index is 0.0589. The fraction of sp³-hybridized carbons (Fsp3) is 0.147. The summed E-state index contributed by atoms with van der Waals surface area (Å²) in [5, 5.41) is 19.0. The van der Waals surface area contributed by atoms with Gasteiger partial charge in [-0.05, 0) is 48.5 Å². The first-order chi connectivity index (χ1) is 21.9. The van der Waals surface area contributed by atoms with Gasteiger partial charge in [-0.3, -0.25) is 4.79 Å². The third kappa shape index (κ3) is 7.71. The van der Waals surface area contributed by atoms with Gasteiger partial charge >= 0.3 is 11.9 Å². The molecule has 0 saturated carbocycles. The molecular formula is C34H28O11. The molecule has 0 saturated heterocycles. The summed E-state index contributed by atoms with van der Waals surface area (Å²) >= 11 is 0. The normalized spacial score (nSPS) is 10.8. The van der Waals surface area contributed by atoms with Gasteiger partial charge in [0.15, 0.2) is 5.76 Å². The van der Waals surface area contributed by atoms with Crippen LogP contribution in [0.3, 0.4) is 0 Å². The van der Waals surface area contributed by atoms with Gasteiger partial charge < -0.3 is 38.3 Å². The zero-order chi connectivity index (χ0) is 31.6. The smallest absolute Gasteiger partial charge is 0.356 e. The summed E-state index contributed by atoms with van der Waals surface area (Å²) in [7, 11) is 0. The van der Waals surface area contributed by atoms with Crippen LogP contribution in [0.2, 0.25) is 0 Å². The van der Waals surface area contributed by atoms with E-state index in [2.05, 4.69) is 0 Å². The molecule has 5 aromatic rings. The maximum Gasteiger partial charge on any atom is 0.356 e. The number of hydrogen-bond donors (Lipinski definition) is 2. The van der Waals surface area contributed by atoms with E-state index in [-0.39, 0.29) is 54.5 Å². The van der Waals surface area contributed by atoms with E-state index in [1.807, 2.05) is 48.5 Å². The van der Waals surface area contributed by atoms with Gasteiger partial charge in [-0.1, -0.05) is 48.5 Å². The van der Waals surface area contributed by atoms with Crippen molar-refractivity contribution in [3.05, 3.63) is 113 Å². The van der Waals surface area contributed by atoms with Crippen molar-refractivity contribution in [2.45, 2.75) is 6.10 Å². The summed E-state index contributed by atoms with van der Waals surface area (Å²) in [6.07, 6.45) is -2.37. The third-order valence-electron chi connectivity index (χ3n) is 6.35. The minimum Gasteiger partial charge on any atom is -0.490 e. The summed E-state index contributed by atoms with van der Waals surface area (Å²) in [6, 6.07) is 29.3. The summed E-state index contributed by atoms with van der Waals surface area (Å²) in [5.41, 5.74) is -0.394. The molecule has 11 nitrogen and oxygen atoms in total. The van der Waals surface area contributed by atoms with Gasteiger partial charge in [-0.15, -0.1) is 0 Å². The second kappa shape index (κ2) is 14.5. The molecule has 0 spiro atoms. The first-order valence-electron chi connectivity index (χ1n) is 13.8. The van der Waals surface area contributed by atoms with E-state index in [9.17, 15) is 24.6 Å². The lowest BCUT2D eigenvalue weighted by molar-refractivity contribution is -0.159. The number of carboxylic acids is 2. The van der Waals surface area contributed by atoms with Gasteiger partial charge in [0.25, 0.3) is 6.10 Å². The highest BCUT2D eigenvalue weighted by atomic mass is 16.6. The molecule has 5 rings (SSSR count). The molecule has 45 heavy (non-hydrogen) atoms. The molecule has 11 heteroatoms. The van der Waals surface area contributed by atoms with E-state index in [4.69, 9.17) is 28.1 Å². The summed E-state index contributed by atoms with van der Waals surface area (Å²) in [6.45, 7) is 0.674. The Hall–Kier alpha value is -5.97. The summed E-state index contributed by atoms with van der Waals surface area (Å²) in [4.78, 5) is 36.9. The van der Waals surface area contributed by atoms with Gasteiger partial charge in [0, 0.05) is 6.07 Å². The molecule has 230 valence electrons. The molecule has 0 aliphatic heterocycles. The molecule has 0 fully saturated rings. The van der Waals surface area contributed by atoms with Crippen molar-refractivity contribution >= 4 is 22.9 Å². The van der Waals surface area contributed by atoms with Crippen molar-refractivity contribution in [2.24, 2.45) is 0 Å². The second-order valence-corrected chi connectivity index (χ2v) is 9.44. The lowest BCUT2D eigenvalue weighted by atomic mass is 10.1. The van der Waals surface area contributed by atoms with Crippen LogP contribution in [0, 0.1) is 0 Å². The van der Waals surface area contributed by atoms with Crippen molar-refractivity contribution in [1.82, 2.24) is 0 Å². The Bertz CT molecular complexity index is 1800. The zero-order valence-corrected chi connectivity index (χ0v) is 23.8. The second-order valence-electron chi connectivity index (χ2n) is 9.44. The van der Waals surface area contributed by atoms with E-state index in [1.54, 1.807) is 42.5 Å². The lowest BCUT2D eigenvalue weighted by Crippen LogP contribution is -2.36. The number of rotatable bonds is 15. The van der Waals surface area contributed by atoms with Crippen LogP contribution in [-0.2, 0) is 9.59 Å². The maximum absolute atomic E-state index is 13.5. The number of ether oxygens (including phenoxy) is 5. The van der Waals surface area contributed by atoms with Crippen LogP contribution in [-0.4, -0.2) is 54.7 Å². The molecule has 2 N–H and O–H groups in total. The molecule has 0 unspecified atom stereocenters. The number of para-hydroxylation sites is 3. The number of aliphatic carboxylic acids is 2. The van der Waals surface area contributed by atoms with Crippen molar-refractivity contribution in [3.8, 4) is 40.1 Å². The average molecular weight is 613 g/mol. The Morgan fingerprint density at radius 1 is 0.644 bits per heavy atom. The number of carboxylic acid groups (broad SMARTS) is 2. The zero-order valence-electron chi connectivity index (χ0n) is 23.8. The van der Waals surface area contributed by atoms with Gasteiger partial charge in [-0.2, -0.15) is 0 Å². The monoisotopic (exact) mass is 612 g/mol. The lowest BCUT2D eigenvalue weighted by Gasteiger charge is -2.18. The molecule has 0 bridgehead atoms.